The zero-order valence-electron chi connectivity index (χ0n) is 13.0. The van der Waals surface area contributed by atoms with Gasteiger partial charge in [0.1, 0.15) is 11.3 Å². The molecule has 0 saturated heterocycles. The lowest BCUT2D eigenvalue weighted by Crippen LogP contribution is -2.12. The van der Waals surface area contributed by atoms with Gasteiger partial charge in [-0.1, -0.05) is 32.1 Å². The van der Waals surface area contributed by atoms with Crippen molar-refractivity contribution < 1.29 is 0 Å². The molecule has 0 radical (unpaired) electrons. The van der Waals surface area contributed by atoms with Crippen molar-refractivity contribution in [2.75, 3.05) is 0 Å². The number of hydrogen-bond acceptors (Lipinski definition) is 2. The molecule has 1 aliphatic rings. The van der Waals surface area contributed by atoms with Crippen LogP contribution in [-0.2, 0) is 6.54 Å². The fourth-order valence-corrected chi connectivity index (χ4v) is 3.63. The minimum absolute atomic E-state index is 0.0787. The van der Waals surface area contributed by atoms with Crippen molar-refractivity contribution in [1.29, 1.82) is 0 Å². The summed E-state index contributed by atoms with van der Waals surface area (Å²) in [6.45, 7) is 5.07. The minimum Gasteiger partial charge on any atom is -0.311 e. The molecule has 114 valence electrons. The Bertz CT molecular complexity index is 612. The summed E-state index contributed by atoms with van der Waals surface area (Å²) in [6, 6.07) is 2.02. The highest BCUT2D eigenvalue weighted by Gasteiger charge is 2.19. The zero-order chi connectivity index (χ0) is 14.8. The topological polar surface area (TPSA) is 30.7 Å². The second-order valence-corrected chi connectivity index (χ2v) is 6.99. The summed E-state index contributed by atoms with van der Waals surface area (Å²) >= 11 is 6.34. The molecular formula is C17H24ClN3. The molecule has 0 bridgehead atoms. The van der Waals surface area contributed by atoms with E-state index in [-0.39, 0.29) is 5.38 Å². The fraction of sp³-hybridized carbons (Fsp3) is 0.647. The first kappa shape index (κ1) is 14.8. The van der Waals surface area contributed by atoms with Gasteiger partial charge in [-0.15, -0.1) is 11.6 Å². The number of hydrogen-bond donors (Lipinski definition) is 0. The molecule has 3 rings (SSSR count). The molecule has 1 unspecified atom stereocenters. The maximum Gasteiger partial charge on any atom is 0.160 e. The molecule has 1 aliphatic carbocycles. The summed E-state index contributed by atoms with van der Waals surface area (Å²) in [7, 11) is 0. The van der Waals surface area contributed by atoms with Crippen LogP contribution in [0.25, 0.3) is 11.2 Å². The highest BCUT2D eigenvalue weighted by molar-refractivity contribution is 6.20. The van der Waals surface area contributed by atoms with E-state index in [0.29, 0.717) is 0 Å². The molecule has 0 amide bonds. The van der Waals surface area contributed by atoms with E-state index in [1.807, 2.05) is 19.2 Å². The van der Waals surface area contributed by atoms with Crippen molar-refractivity contribution in [2.45, 2.75) is 64.3 Å². The third-order valence-electron chi connectivity index (χ3n) is 4.71. The quantitative estimate of drug-likeness (QED) is 0.743. The number of aryl methyl sites for hydroxylation is 2. The first-order chi connectivity index (χ1) is 10.2. The molecule has 4 heteroatoms. The van der Waals surface area contributed by atoms with Gasteiger partial charge in [-0.3, -0.25) is 0 Å². The summed E-state index contributed by atoms with van der Waals surface area (Å²) < 4.78 is 2.24. The SMILES string of the molecule is Cc1ccnc2c1nc(C(C)Cl)n2CCC1CCCCC1. The number of alkyl halides is 1. The molecule has 2 aromatic rings. The smallest absolute Gasteiger partial charge is 0.160 e. The van der Waals surface area contributed by atoms with Gasteiger partial charge in [0.05, 0.1) is 5.38 Å². The Kier molecular flexibility index (Phi) is 4.48. The number of nitrogens with zero attached hydrogens (tertiary/aromatic N) is 3. The van der Waals surface area contributed by atoms with Crippen LogP contribution in [0.15, 0.2) is 12.3 Å². The van der Waals surface area contributed by atoms with E-state index in [2.05, 4.69) is 16.5 Å². The Morgan fingerprint density at radius 2 is 2.10 bits per heavy atom. The van der Waals surface area contributed by atoms with Crippen LogP contribution in [0.1, 0.15) is 62.2 Å². The highest BCUT2D eigenvalue weighted by Crippen LogP contribution is 2.29. The van der Waals surface area contributed by atoms with Gasteiger partial charge < -0.3 is 4.57 Å². The van der Waals surface area contributed by atoms with Crippen molar-refractivity contribution in [3.8, 4) is 0 Å². The van der Waals surface area contributed by atoms with Crippen LogP contribution in [0.5, 0.6) is 0 Å². The molecule has 2 aromatic heterocycles. The standard InChI is InChI=1S/C17H24ClN3/c1-12-8-10-19-17-15(12)20-16(13(2)18)21(17)11-9-14-6-4-3-5-7-14/h8,10,13-14H,3-7,9,11H2,1-2H3. The van der Waals surface area contributed by atoms with E-state index in [0.717, 1.165) is 29.5 Å². The molecule has 21 heavy (non-hydrogen) atoms. The number of halogens is 1. The van der Waals surface area contributed by atoms with Gasteiger partial charge in [0, 0.05) is 12.7 Å². The Balaban J connectivity index is 1.88. The lowest BCUT2D eigenvalue weighted by Gasteiger charge is -2.22. The average molecular weight is 306 g/mol. The van der Waals surface area contributed by atoms with Gasteiger partial charge in [-0.05, 0) is 37.8 Å². The molecule has 1 fully saturated rings. The van der Waals surface area contributed by atoms with Crippen LogP contribution in [0.2, 0.25) is 0 Å². The first-order valence-corrected chi connectivity index (χ1v) is 8.56. The molecule has 1 saturated carbocycles. The lowest BCUT2D eigenvalue weighted by atomic mass is 9.87. The summed E-state index contributed by atoms with van der Waals surface area (Å²) in [4.78, 5) is 9.29. The minimum atomic E-state index is -0.0787. The van der Waals surface area contributed by atoms with Gasteiger partial charge in [0.2, 0.25) is 0 Å². The Hall–Kier alpha value is -1.09. The van der Waals surface area contributed by atoms with E-state index >= 15 is 0 Å². The van der Waals surface area contributed by atoms with Crippen molar-refractivity contribution in [1.82, 2.24) is 14.5 Å². The van der Waals surface area contributed by atoms with Crippen LogP contribution >= 0.6 is 11.6 Å². The van der Waals surface area contributed by atoms with Gasteiger partial charge in [-0.2, -0.15) is 0 Å². The van der Waals surface area contributed by atoms with Crippen LogP contribution in [0, 0.1) is 12.8 Å². The molecule has 0 spiro atoms. The number of fused-ring (bicyclic) bond motifs is 1. The maximum atomic E-state index is 6.34. The summed E-state index contributed by atoms with van der Waals surface area (Å²) in [5.74, 6) is 1.82. The van der Waals surface area contributed by atoms with Crippen LogP contribution < -0.4 is 0 Å². The van der Waals surface area contributed by atoms with E-state index in [1.165, 1.54) is 44.1 Å². The van der Waals surface area contributed by atoms with Crippen molar-refractivity contribution in [3.63, 3.8) is 0 Å². The second kappa shape index (κ2) is 6.35. The third-order valence-corrected chi connectivity index (χ3v) is 4.90. The van der Waals surface area contributed by atoms with E-state index in [9.17, 15) is 0 Å². The first-order valence-electron chi connectivity index (χ1n) is 8.12. The van der Waals surface area contributed by atoms with Crippen molar-refractivity contribution >= 4 is 22.8 Å². The normalized spacial score (nSPS) is 18.2. The lowest BCUT2D eigenvalue weighted by molar-refractivity contribution is 0.323. The van der Waals surface area contributed by atoms with Gasteiger partial charge in [0.15, 0.2) is 5.65 Å². The van der Waals surface area contributed by atoms with Crippen LogP contribution in [0.4, 0.5) is 0 Å². The third kappa shape index (κ3) is 3.08. The van der Waals surface area contributed by atoms with Gasteiger partial charge in [-0.25, -0.2) is 9.97 Å². The number of pyridine rings is 1. The van der Waals surface area contributed by atoms with Gasteiger partial charge in [0.25, 0.3) is 0 Å². The second-order valence-electron chi connectivity index (χ2n) is 6.33. The van der Waals surface area contributed by atoms with Crippen molar-refractivity contribution in [2.24, 2.45) is 5.92 Å². The summed E-state index contributed by atoms with van der Waals surface area (Å²) in [5.41, 5.74) is 3.17. The van der Waals surface area contributed by atoms with E-state index < -0.39 is 0 Å². The predicted molar refractivity (Wildman–Crippen MR) is 87.7 cm³/mol. The number of imidazole rings is 1. The number of aromatic nitrogens is 3. The van der Waals surface area contributed by atoms with E-state index in [4.69, 9.17) is 16.6 Å². The monoisotopic (exact) mass is 305 g/mol. The fourth-order valence-electron chi connectivity index (χ4n) is 3.47. The summed E-state index contributed by atoms with van der Waals surface area (Å²) in [6.07, 6.45) is 10.1. The van der Waals surface area contributed by atoms with Crippen molar-refractivity contribution in [3.05, 3.63) is 23.7 Å². The molecule has 1 atom stereocenters. The van der Waals surface area contributed by atoms with E-state index in [1.54, 1.807) is 0 Å². The molecule has 3 nitrogen and oxygen atoms in total. The average Bonchev–Trinajstić information content (AvgIpc) is 2.87. The molecule has 0 aromatic carbocycles. The largest absolute Gasteiger partial charge is 0.311 e. The molecule has 0 aliphatic heterocycles. The Morgan fingerprint density at radius 3 is 2.81 bits per heavy atom. The zero-order valence-corrected chi connectivity index (χ0v) is 13.7. The molecule has 0 N–H and O–H groups in total. The maximum absolute atomic E-state index is 6.34. The Labute approximate surface area is 131 Å². The van der Waals surface area contributed by atoms with Crippen LogP contribution in [-0.4, -0.2) is 14.5 Å². The summed E-state index contributed by atoms with van der Waals surface area (Å²) in [5, 5.41) is -0.0787. The molecule has 2 heterocycles. The highest BCUT2D eigenvalue weighted by atomic mass is 35.5. The Morgan fingerprint density at radius 1 is 1.33 bits per heavy atom. The number of rotatable bonds is 4. The predicted octanol–water partition coefficient (Wildman–Crippen LogP) is 5.01. The van der Waals surface area contributed by atoms with Crippen LogP contribution in [0.3, 0.4) is 0 Å². The molecular weight excluding hydrogens is 282 g/mol. The van der Waals surface area contributed by atoms with Gasteiger partial charge >= 0.3 is 0 Å².